The lowest BCUT2D eigenvalue weighted by atomic mass is 10.1. The maximum absolute atomic E-state index is 5.31. The van der Waals surface area contributed by atoms with E-state index in [2.05, 4.69) is 84.0 Å². The van der Waals surface area contributed by atoms with Crippen LogP contribution in [-0.2, 0) is 0 Å². The Morgan fingerprint density at radius 2 is 1.85 bits per heavy atom. The van der Waals surface area contributed by atoms with E-state index < -0.39 is 0 Å². The zero-order chi connectivity index (χ0) is 18.9. The molecule has 0 spiro atoms. The van der Waals surface area contributed by atoms with Crippen molar-refractivity contribution in [1.29, 1.82) is 0 Å². The molecule has 0 heterocycles. The van der Waals surface area contributed by atoms with E-state index in [0.717, 1.165) is 36.3 Å². The van der Waals surface area contributed by atoms with Crippen LogP contribution in [0.15, 0.2) is 47.6 Å². The number of nitrogens with zero attached hydrogens (tertiary/aromatic N) is 2. The van der Waals surface area contributed by atoms with E-state index in [-0.39, 0.29) is 0 Å². The Morgan fingerprint density at radius 3 is 2.50 bits per heavy atom. The molecule has 2 aromatic carbocycles. The topological polar surface area (TPSA) is 39.7 Å². The first-order chi connectivity index (χ1) is 12.5. The molecular weight excluding hydrogens is 340 g/mol. The highest BCUT2D eigenvalue weighted by molar-refractivity contribution is 7.80. The standard InChI is InChI=1S/C21H28N4S/c1-5-13-25(6-2)19-11-9-18(10-12-19)15-22-24-21(26)23-20-14-16(3)7-8-17(20)4/h7-12,14-15H,5-6,13H2,1-4H3,(H2,23,24,26)/b22-15+. The summed E-state index contributed by atoms with van der Waals surface area (Å²) in [5.41, 5.74) is 8.48. The molecule has 0 saturated carbocycles. The molecule has 4 nitrogen and oxygen atoms in total. The zero-order valence-corrected chi connectivity index (χ0v) is 16.9. The number of hydrogen-bond acceptors (Lipinski definition) is 3. The molecule has 138 valence electrons. The molecule has 0 amide bonds. The summed E-state index contributed by atoms with van der Waals surface area (Å²) in [4.78, 5) is 2.36. The Balaban J connectivity index is 1.91. The second kappa shape index (κ2) is 9.92. The molecule has 0 bridgehead atoms. The number of thiocarbonyl (C=S) groups is 1. The second-order valence-electron chi connectivity index (χ2n) is 6.31. The number of benzene rings is 2. The van der Waals surface area contributed by atoms with Gasteiger partial charge in [-0.05, 0) is 74.3 Å². The van der Waals surface area contributed by atoms with Crippen LogP contribution in [0, 0.1) is 13.8 Å². The monoisotopic (exact) mass is 368 g/mol. The maximum Gasteiger partial charge on any atom is 0.191 e. The van der Waals surface area contributed by atoms with E-state index in [1.807, 2.05) is 6.92 Å². The summed E-state index contributed by atoms with van der Waals surface area (Å²) in [6.07, 6.45) is 2.92. The Labute approximate surface area is 162 Å². The van der Waals surface area contributed by atoms with Gasteiger partial charge in [0.05, 0.1) is 6.21 Å². The number of anilines is 2. The summed E-state index contributed by atoms with van der Waals surface area (Å²) >= 11 is 5.31. The maximum atomic E-state index is 5.31. The van der Waals surface area contributed by atoms with Crippen molar-refractivity contribution in [2.24, 2.45) is 5.10 Å². The fourth-order valence-electron chi connectivity index (χ4n) is 2.70. The van der Waals surface area contributed by atoms with Gasteiger partial charge in [0.25, 0.3) is 0 Å². The van der Waals surface area contributed by atoms with Crippen molar-refractivity contribution in [3.8, 4) is 0 Å². The molecule has 0 fully saturated rings. The summed E-state index contributed by atoms with van der Waals surface area (Å²) < 4.78 is 0. The van der Waals surface area contributed by atoms with Gasteiger partial charge in [0.2, 0.25) is 0 Å². The van der Waals surface area contributed by atoms with Crippen LogP contribution in [0.1, 0.15) is 37.0 Å². The van der Waals surface area contributed by atoms with E-state index in [4.69, 9.17) is 12.2 Å². The quantitative estimate of drug-likeness (QED) is 0.416. The minimum Gasteiger partial charge on any atom is -0.372 e. The lowest BCUT2D eigenvalue weighted by molar-refractivity contribution is 0.792. The SMILES string of the molecule is CCCN(CC)c1ccc(/C=N/NC(=S)Nc2cc(C)ccc2C)cc1. The van der Waals surface area contributed by atoms with Gasteiger partial charge in [-0.15, -0.1) is 0 Å². The van der Waals surface area contributed by atoms with Crippen LogP contribution in [0.25, 0.3) is 0 Å². The third kappa shape index (κ3) is 5.85. The van der Waals surface area contributed by atoms with E-state index in [1.54, 1.807) is 6.21 Å². The minimum absolute atomic E-state index is 0.478. The molecule has 0 aliphatic rings. The van der Waals surface area contributed by atoms with Crippen LogP contribution in [0.5, 0.6) is 0 Å². The predicted octanol–water partition coefficient (Wildman–Crippen LogP) is 4.86. The van der Waals surface area contributed by atoms with Crippen molar-refractivity contribution < 1.29 is 0 Å². The van der Waals surface area contributed by atoms with Gasteiger partial charge in [0.15, 0.2) is 5.11 Å². The van der Waals surface area contributed by atoms with E-state index in [9.17, 15) is 0 Å². The molecule has 0 aromatic heterocycles. The number of aryl methyl sites for hydroxylation is 2. The molecule has 5 heteroatoms. The number of hydrazone groups is 1. The first kappa shape index (κ1) is 19.9. The van der Waals surface area contributed by atoms with Gasteiger partial charge in [-0.3, -0.25) is 5.43 Å². The average molecular weight is 369 g/mol. The summed E-state index contributed by atoms with van der Waals surface area (Å²) in [6.45, 7) is 10.6. The van der Waals surface area contributed by atoms with Crippen molar-refractivity contribution in [3.63, 3.8) is 0 Å². The Morgan fingerprint density at radius 1 is 1.12 bits per heavy atom. The number of rotatable bonds is 7. The molecule has 2 N–H and O–H groups in total. The van der Waals surface area contributed by atoms with Crippen LogP contribution < -0.4 is 15.6 Å². The molecule has 0 unspecified atom stereocenters. The largest absolute Gasteiger partial charge is 0.372 e. The average Bonchev–Trinajstić information content (AvgIpc) is 2.63. The van der Waals surface area contributed by atoms with Crippen molar-refractivity contribution in [3.05, 3.63) is 59.2 Å². The Hall–Kier alpha value is -2.40. The third-order valence-electron chi connectivity index (χ3n) is 4.15. The summed E-state index contributed by atoms with van der Waals surface area (Å²) in [5, 5.41) is 7.89. The lowest BCUT2D eigenvalue weighted by Crippen LogP contribution is -2.24. The highest BCUT2D eigenvalue weighted by atomic mass is 32.1. The summed E-state index contributed by atoms with van der Waals surface area (Å²) in [6, 6.07) is 14.6. The van der Waals surface area contributed by atoms with Gasteiger partial charge < -0.3 is 10.2 Å². The van der Waals surface area contributed by atoms with Gasteiger partial charge >= 0.3 is 0 Å². The van der Waals surface area contributed by atoms with Gasteiger partial charge in [-0.25, -0.2) is 0 Å². The van der Waals surface area contributed by atoms with Gasteiger partial charge in [-0.2, -0.15) is 5.10 Å². The van der Waals surface area contributed by atoms with E-state index in [0.29, 0.717) is 5.11 Å². The number of nitrogens with one attached hydrogen (secondary N) is 2. The predicted molar refractivity (Wildman–Crippen MR) is 117 cm³/mol. The van der Waals surface area contributed by atoms with Crippen LogP contribution in [0.3, 0.4) is 0 Å². The highest BCUT2D eigenvalue weighted by Crippen LogP contribution is 2.16. The molecule has 26 heavy (non-hydrogen) atoms. The van der Waals surface area contributed by atoms with E-state index in [1.165, 1.54) is 11.3 Å². The summed E-state index contributed by atoms with van der Waals surface area (Å²) in [7, 11) is 0. The molecule has 2 aromatic rings. The van der Waals surface area contributed by atoms with Gasteiger partial charge in [-0.1, -0.05) is 31.2 Å². The molecule has 0 aliphatic heterocycles. The fraction of sp³-hybridized carbons (Fsp3) is 0.333. The van der Waals surface area contributed by atoms with Crippen LogP contribution in [-0.4, -0.2) is 24.4 Å². The molecular formula is C21H28N4S. The molecule has 2 rings (SSSR count). The zero-order valence-electron chi connectivity index (χ0n) is 16.0. The molecule has 0 saturated heterocycles. The lowest BCUT2D eigenvalue weighted by Gasteiger charge is -2.22. The number of hydrogen-bond donors (Lipinski definition) is 2. The van der Waals surface area contributed by atoms with Crippen LogP contribution in [0.4, 0.5) is 11.4 Å². The molecule has 0 atom stereocenters. The third-order valence-corrected chi connectivity index (χ3v) is 4.35. The van der Waals surface area contributed by atoms with Crippen molar-refractivity contribution in [1.82, 2.24) is 5.43 Å². The Kier molecular flexibility index (Phi) is 7.60. The van der Waals surface area contributed by atoms with Crippen LogP contribution >= 0.6 is 12.2 Å². The normalized spacial score (nSPS) is 10.8. The Bertz CT molecular complexity index is 753. The van der Waals surface area contributed by atoms with Crippen molar-refractivity contribution >= 4 is 34.9 Å². The summed E-state index contributed by atoms with van der Waals surface area (Å²) in [5.74, 6) is 0. The smallest absolute Gasteiger partial charge is 0.191 e. The van der Waals surface area contributed by atoms with Crippen molar-refractivity contribution in [2.45, 2.75) is 34.1 Å². The molecule has 0 aliphatic carbocycles. The van der Waals surface area contributed by atoms with Gasteiger partial charge in [0, 0.05) is 24.5 Å². The minimum atomic E-state index is 0.478. The molecule has 0 radical (unpaired) electrons. The van der Waals surface area contributed by atoms with Crippen molar-refractivity contribution in [2.75, 3.05) is 23.3 Å². The second-order valence-corrected chi connectivity index (χ2v) is 6.72. The van der Waals surface area contributed by atoms with E-state index >= 15 is 0 Å². The first-order valence-electron chi connectivity index (χ1n) is 9.05. The van der Waals surface area contributed by atoms with Crippen LogP contribution in [0.2, 0.25) is 0 Å². The first-order valence-corrected chi connectivity index (χ1v) is 9.46. The van der Waals surface area contributed by atoms with Gasteiger partial charge in [0.1, 0.15) is 0 Å². The fourth-order valence-corrected chi connectivity index (χ4v) is 2.86. The highest BCUT2D eigenvalue weighted by Gasteiger charge is 2.03.